The number of amides is 2. The molecule has 1 aliphatic heterocycles. The first kappa shape index (κ1) is 17.4. The Kier molecular flexibility index (Phi) is 5.33. The molecular formula is C17H17ClF2N4O. The van der Waals surface area contributed by atoms with Crippen LogP contribution in [0.5, 0.6) is 0 Å². The maximum absolute atomic E-state index is 13.8. The molecule has 8 heteroatoms. The lowest BCUT2D eigenvalue weighted by Gasteiger charge is -2.36. The van der Waals surface area contributed by atoms with Crippen molar-refractivity contribution in [2.45, 2.75) is 6.54 Å². The molecule has 2 aromatic rings. The molecule has 0 bridgehead atoms. The Morgan fingerprint density at radius 3 is 2.64 bits per heavy atom. The highest BCUT2D eigenvalue weighted by Crippen LogP contribution is 2.20. The van der Waals surface area contributed by atoms with Crippen molar-refractivity contribution < 1.29 is 13.6 Å². The number of nitrogens with zero attached hydrogens (tertiary/aromatic N) is 3. The molecule has 1 saturated heterocycles. The molecule has 1 fully saturated rings. The Labute approximate surface area is 149 Å². The third-order valence-corrected chi connectivity index (χ3v) is 4.46. The maximum atomic E-state index is 13.8. The van der Waals surface area contributed by atoms with Crippen molar-refractivity contribution in [3.05, 3.63) is 58.9 Å². The lowest BCUT2D eigenvalue weighted by Crippen LogP contribution is -2.51. The Morgan fingerprint density at radius 2 is 1.96 bits per heavy atom. The van der Waals surface area contributed by atoms with Crippen LogP contribution >= 0.6 is 11.6 Å². The normalized spacial score (nSPS) is 14.5. The van der Waals surface area contributed by atoms with Gasteiger partial charge in [0.15, 0.2) is 5.82 Å². The van der Waals surface area contributed by atoms with Crippen LogP contribution in [0, 0.1) is 11.6 Å². The van der Waals surface area contributed by atoms with Crippen LogP contribution in [-0.2, 0) is 6.54 Å². The highest BCUT2D eigenvalue weighted by atomic mass is 35.5. The third-order valence-electron chi connectivity index (χ3n) is 4.10. The summed E-state index contributed by atoms with van der Waals surface area (Å²) in [5.74, 6) is -0.786. The van der Waals surface area contributed by atoms with Gasteiger partial charge in [-0.2, -0.15) is 0 Å². The monoisotopic (exact) mass is 366 g/mol. The highest BCUT2D eigenvalue weighted by Gasteiger charge is 2.22. The summed E-state index contributed by atoms with van der Waals surface area (Å²) in [7, 11) is 0. The lowest BCUT2D eigenvalue weighted by atomic mass is 10.2. The van der Waals surface area contributed by atoms with Crippen molar-refractivity contribution in [3.63, 3.8) is 0 Å². The molecule has 132 valence electrons. The average Bonchev–Trinajstić information content (AvgIpc) is 2.61. The van der Waals surface area contributed by atoms with E-state index in [1.807, 2.05) is 4.90 Å². The Morgan fingerprint density at radius 1 is 1.20 bits per heavy atom. The minimum Gasteiger partial charge on any atom is -0.366 e. The van der Waals surface area contributed by atoms with Gasteiger partial charge in [0.1, 0.15) is 5.82 Å². The fourth-order valence-corrected chi connectivity index (χ4v) is 2.96. The lowest BCUT2D eigenvalue weighted by molar-refractivity contribution is 0.194. The summed E-state index contributed by atoms with van der Waals surface area (Å²) in [6.45, 7) is 2.24. The number of carbonyl (C=O) groups excluding carboxylic acids is 1. The zero-order valence-corrected chi connectivity index (χ0v) is 14.1. The summed E-state index contributed by atoms with van der Waals surface area (Å²) in [4.78, 5) is 19.5. The zero-order chi connectivity index (χ0) is 17.8. The van der Waals surface area contributed by atoms with Crippen LogP contribution in [0.3, 0.4) is 0 Å². The van der Waals surface area contributed by atoms with Gasteiger partial charge in [0, 0.05) is 43.9 Å². The molecule has 25 heavy (non-hydrogen) atoms. The molecule has 1 N–H and O–H groups in total. The second kappa shape index (κ2) is 7.65. The number of benzene rings is 1. The molecule has 0 saturated carbocycles. The number of hydrogen-bond acceptors (Lipinski definition) is 3. The van der Waals surface area contributed by atoms with Gasteiger partial charge in [0.25, 0.3) is 0 Å². The number of hydrogen-bond donors (Lipinski definition) is 1. The topological polar surface area (TPSA) is 48.5 Å². The molecule has 0 spiro atoms. The van der Waals surface area contributed by atoms with Gasteiger partial charge in [-0.15, -0.1) is 0 Å². The second-order valence-corrected chi connectivity index (χ2v) is 6.10. The summed E-state index contributed by atoms with van der Waals surface area (Å²) < 4.78 is 26.8. The van der Waals surface area contributed by atoms with E-state index in [0.29, 0.717) is 37.4 Å². The summed E-state index contributed by atoms with van der Waals surface area (Å²) in [5.41, 5.74) is 1.14. The summed E-state index contributed by atoms with van der Waals surface area (Å²) in [5, 5.41) is 3.05. The average molecular weight is 367 g/mol. The van der Waals surface area contributed by atoms with Gasteiger partial charge in [-0.05, 0) is 23.8 Å². The molecule has 0 aliphatic carbocycles. The van der Waals surface area contributed by atoms with Crippen molar-refractivity contribution >= 4 is 23.3 Å². The van der Waals surface area contributed by atoms with Crippen molar-refractivity contribution in [1.29, 1.82) is 0 Å². The van der Waals surface area contributed by atoms with Crippen LogP contribution in [-0.4, -0.2) is 42.1 Å². The van der Waals surface area contributed by atoms with E-state index in [2.05, 4.69) is 10.3 Å². The van der Waals surface area contributed by atoms with E-state index in [0.717, 1.165) is 0 Å². The number of aromatic nitrogens is 1. The Bertz CT molecular complexity index is 766. The van der Waals surface area contributed by atoms with Crippen molar-refractivity contribution in [3.8, 4) is 0 Å². The number of rotatable bonds is 3. The number of urea groups is 1. The highest BCUT2D eigenvalue weighted by molar-refractivity contribution is 6.31. The number of halogens is 3. The first-order valence-electron chi connectivity index (χ1n) is 7.86. The van der Waals surface area contributed by atoms with Gasteiger partial charge < -0.3 is 15.1 Å². The standard InChI is InChI=1S/C17H17ClF2N4O/c18-14-9-13(19)2-1-12(14)10-22-17(25)24-7-5-23(6-8-24)16-3-4-21-11-15(16)20/h1-4,9,11H,5-8,10H2,(H,22,25). The van der Waals surface area contributed by atoms with Gasteiger partial charge in [0.05, 0.1) is 11.9 Å². The molecule has 0 atom stereocenters. The number of nitrogens with one attached hydrogen (secondary N) is 1. The van der Waals surface area contributed by atoms with E-state index in [-0.39, 0.29) is 23.4 Å². The molecule has 5 nitrogen and oxygen atoms in total. The van der Waals surface area contributed by atoms with Gasteiger partial charge in [-0.25, -0.2) is 13.6 Å². The zero-order valence-electron chi connectivity index (χ0n) is 13.4. The maximum Gasteiger partial charge on any atom is 0.317 e. The quantitative estimate of drug-likeness (QED) is 0.908. The van der Waals surface area contributed by atoms with Gasteiger partial charge >= 0.3 is 6.03 Å². The van der Waals surface area contributed by atoms with E-state index >= 15 is 0 Å². The van der Waals surface area contributed by atoms with Gasteiger partial charge in [-0.3, -0.25) is 4.98 Å². The SMILES string of the molecule is O=C(NCc1ccc(F)cc1Cl)N1CCN(c2ccncc2F)CC1. The molecule has 2 amide bonds. The van der Waals surface area contributed by atoms with Crippen LogP contribution < -0.4 is 10.2 Å². The van der Waals surface area contributed by atoms with Crippen LogP contribution in [0.15, 0.2) is 36.7 Å². The van der Waals surface area contributed by atoms with Crippen molar-refractivity contribution in [2.24, 2.45) is 0 Å². The summed E-state index contributed by atoms with van der Waals surface area (Å²) in [6.07, 6.45) is 2.73. The molecule has 0 radical (unpaired) electrons. The van der Waals surface area contributed by atoms with Crippen molar-refractivity contribution in [2.75, 3.05) is 31.1 Å². The van der Waals surface area contributed by atoms with E-state index in [1.54, 1.807) is 23.2 Å². The van der Waals surface area contributed by atoms with E-state index < -0.39 is 5.82 Å². The second-order valence-electron chi connectivity index (χ2n) is 5.70. The Balaban J connectivity index is 1.52. The first-order chi connectivity index (χ1) is 12.0. The number of piperazine rings is 1. The van der Waals surface area contributed by atoms with Crippen LogP contribution in [0.2, 0.25) is 5.02 Å². The predicted molar refractivity (Wildman–Crippen MR) is 91.6 cm³/mol. The molecule has 1 aromatic heterocycles. The minimum atomic E-state index is -0.417. The fraction of sp³-hybridized carbons (Fsp3) is 0.294. The number of anilines is 1. The molecule has 3 rings (SSSR count). The molecule has 2 heterocycles. The number of pyridine rings is 1. The largest absolute Gasteiger partial charge is 0.366 e. The van der Waals surface area contributed by atoms with Crippen LogP contribution in [0.1, 0.15) is 5.56 Å². The third kappa shape index (κ3) is 4.17. The Hall–Kier alpha value is -2.41. The fourth-order valence-electron chi connectivity index (χ4n) is 2.72. The molecular weight excluding hydrogens is 350 g/mol. The number of carbonyl (C=O) groups is 1. The van der Waals surface area contributed by atoms with Crippen LogP contribution in [0.25, 0.3) is 0 Å². The molecule has 1 aromatic carbocycles. The van der Waals surface area contributed by atoms with Crippen molar-refractivity contribution in [1.82, 2.24) is 15.2 Å². The first-order valence-corrected chi connectivity index (χ1v) is 8.23. The predicted octanol–water partition coefficient (Wildman–Crippen LogP) is 3.05. The molecule has 0 unspecified atom stereocenters. The van der Waals surface area contributed by atoms with Gasteiger partial charge in [-0.1, -0.05) is 17.7 Å². The summed E-state index contributed by atoms with van der Waals surface area (Å²) >= 11 is 5.95. The smallest absolute Gasteiger partial charge is 0.317 e. The van der Waals surface area contributed by atoms with Gasteiger partial charge in [0.2, 0.25) is 0 Å². The molecule has 1 aliphatic rings. The minimum absolute atomic E-state index is 0.219. The van der Waals surface area contributed by atoms with E-state index in [1.165, 1.54) is 18.3 Å². The van der Waals surface area contributed by atoms with Crippen LogP contribution in [0.4, 0.5) is 19.3 Å². The van der Waals surface area contributed by atoms with E-state index in [4.69, 9.17) is 11.6 Å². The van der Waals surface area contributed by atoms with E-state index in [9.17, 15) is 13.6 Å². The summed E-state index contributed by atoms with van der Waals surface area (Å²) in [6, 6.07) is 5.46.